The van der Waals surface area contributed by atoms with E-state index in [2.05, 4.69) is 47.8 Å². The van der Waals surface area contributed by atoms with Gasteiger partial charge in [0.2, 0.25) is 0 Å². The topological polar surface area (TPSA) is 74.9 Å². The average molecular weight is 440 g/mol. The van der Waals surface area contributed by atoms with E-state index in [1.165, 1.54) is 42.5 Å². The molecule has 0 radical (unpaired) electrons. The highest BCUT2D eigenvalue weighted by Gasteiger charge is 2.42. The second-order valence-electron chi connectivity index (χ2n) is 9.83. The third kappa shape index (κ3) is 5.12. The van der Waals surface area contributed by atoms with E-state index in [-0.39, 0.29) is 0 Å². The van der Waals surface area contributed by atoms with E-state index in [1.807, 2.05) is 13.0 Å². The second kappa shape index (κ2) is 10.3. The van der Waals surface area contributed by atoms with Crippen molar-refractivity contribution in [3.05, 3.63) is 41.1 Å². The second-order valence-corrected chi connectivity index (χ2v) is 9.83. The third-order valence-corrected chi connectivity index (χ3v) is 7.29. The number of allylic oxidation sites excluding steroid dienone is 1. The quantitative estimate of drug-likeness (QED) is 0.599. The Balaban J connectivity index is 1.31. The summed E-state index contributed by atoms with van der Waals surface area (Å²) in [7, 11) is 4.19. The van der Waals surface area contributed by atoms with Gasteiger partial charge in [-0.2, -0.15) is 0 Å². The first-order valence-electron chi connectivity index (χ1n) is 12.5. The molecule has 1 atom stereocenters. The molecule has 3 aliphatic rings. The molecule has 1 fully saturated rings. The fourth-order valence-corrected chi connectivity index (χ4v) is 5.53. The zero-order chi connectivity index (χ0) is 22.6. The Morgan fingerprint density at radius 2 is 1.91 bits per heavy atom. The SMILES string of the molecule is CCOc1ccccc1CNCC1CCC(C2(N)N=C(N(C)C)C3=C(CCCC3)N2)CC1. The Labute approximate surface area is 193 Å². The summed E-state index contributed by atoms with van der Waals surface area (Å²) in [4.78, 5) is 7.25. The summed E-state index contributed by atoms with van der Waals surface area (Å²) in [6.45, 7) is 4.63. The van der Waals surface area contributed by atoms with E-state index in [1.54, 1.807) is 0 Å². The molecule has 32 heavy (non-hydrogen) atoms. The van der Waals surface area contributed by atoms with Crippen molar-refractivity contribution in [3.63, 3.8) is 0 Å². The Morgan fingerprint density at radius 1 is 1.16 bits per heavy atom. The van der Waals surface area contributed by atoms with Gasteiger partial charge in [0.05, 0.1) is 6.61 Å². The average Bonchev–Trinajstić information content (AvgIpc) is 2.80. The molecule has 1 unspecified atom stereocenters. The molecule has 176 valence electrons. The molecule has 1 saturated carbocycles. The molecule has 0 saturated heterocycles. The molecule has 4 N–H and O–H groups in total. The van der Waals surface area contributed by atoms with E-state index >= 15 is 0 Å². The van der Waals surface area contributed by atoms with Crippen LogP contribution in [0.4, 0.5) is 0 Å². The minimum atomic E-state index is -0.662. The van der Waals surface area contributed by atoms with Crippen LogP contribution in [0.15, 0.2) is 40.5 Å². The highest BCUT2D eigenvalue weighted by molar-refractivity contribution is 5.99. The van der Waals surface area contributed by atoms with Crippen molar-refractivity contribution in [1.82, 2.24) is 15.5 Å². The van der Waals surface area contributed by atoms with Crippen LogP contribution in [-0.2, 0) is 6.54 Å². The number of aliphatic imine (C=N–C) groups is 1. The lowest BCUT2D eigenvalue weighted by Crippen LogP contribution is -2.61. The lowest BCUT2D eigenvalue weighted by Gasteiger charge is -2.45. The number of ether oxygens (including phenoxy) is 1. The number of hydrogen-bond acceptors (Lipinski definition) is 6. The number of nitrogens with two attached hydrogens (primary N) is 1. The van der Waals surface area contributed by atoms with Gasteiger partial charge in [0.15, 0.2) is 5.79 Å². The molecule has 0 bridgehead atoms. The Bertz CT molecular complexity index is 840. The maximum absolute atomic E-state index is 6.95. The minimum absolute atomic E-state index is 0.378. The Hall–Kier alpha value is -2.05. The lowest BCUT2D eigenvalue weighted by molar-refractivity contribution is 0.150. The maximum atomic E-state index is 6.95. The van der Waals surface area contributed by atoms with Crippen LogP contribution in [0.1, 0.15) is 63.9 Å². The fraction of sp³-hybridized carbons (Fsp3) is 0.654. The van der Waals surface area contributed by atoms with Gasteiger partial charge in [0.1, 0.15) is 11.6 Å². The molecule has 1 aliphatic heterocycles. The van der Waals surface area contributed by atoms with Crippen LogP contribution < -0.4 is 21.1 Å². The molecule has 1 aromatic carbocycles. The largest absolute Gasteiger partial charge is 0.494 e. The summed E-state index contributed by atoms with van der Waals surface area (Å²) in [6.07, 6.45) is 9.35. The van der Waals surface area contributed by atoms with Crippen molar-refractivity contribution in [3.8, 4) is 5.75 Å². The van der Waals surface area contributed by atoms with E-state index in [0.29, 0.717) is 18.4 Å². The Kier molecular flexibility index (Phi) is 7.41. The standard InChI is InChI=1S/C26H41N5O/c1-4-32-24-12-8-5-9-20(24)18-28-17-19-13-15-21(16-14-19)26(27)29-23-11-7-6-10-22(23)25(30-26)31(2)3/h5,8-9,12,19,21,28-29H,4,6-7,10-11,13-18,27H2,1-3H3. The van der Waals surface area contributed by atoms with Gasteiger partial charge >= 0.3 is 0 Å². The summed E-state index contributed by atoms with van der Waals surface area (Å²) in [6, 6.07) is 8.32. The molecule has 0 aromatic heterocycles. The lowest BCUT2D eigenvalue weighted by atomic mass is 9.77. The van der Waals surface area contributed by atoms with Crippen molar-refractivity contribution in [2.24, 2.45) is 22.6 Å². The van der Waals surface area contributed by atoms with Crippen molar-refractivity contribution >= 4 is 5.84 Å². The monoisotopic (exact) mass is 439 g/mol. The van der Waals surface area contributed by atoms with Crippen LogP contribution in [0.25, 0.3) is 0 Å². The molecule has 0 amide bonds. The number of para-hydroxylation sites is 1. The first-order chi connectivity index (χ1) is 15.5. The molecule has 6 nitrogen and oxygen atoms in total. The smallest absolute Gasteiger partial charge is 0.187 e. The van der Waals surface area contributed by atoms with Crippen LogP contribution in [-0.4, -0.2) is 43.8 Å². The molecular weight excluding hydrogens is 398 g/mol. The molecule has 4 rings (SSSR count). The highest BCUT2D eigenvalue weighted by atomic mass is 16.5. The maximum Gasteiger partial charge on any atom is 0.187 e. The summed E-state index contributed by atoms with van der Waals surface area (Å²) in [5.41, 5.74) is 10.9. The molecule has 2 aliphatic carbocycles. The number of hydrogen-bond donors (Lipinski definition) is 3. The summed E-state index contributed by atoms with van der Waals surface area (Å²) in [5.74, 6) is 2.50. The van der Waals surface area contributed by atoms with E-state index < -0.39 is 5.79 Å². The van der Waals surface area contributed by atoms with E-state index in [9.17, 15) is 0 Å². The number of benzene rings is 1. The van der Waals surface area contributed by atoms with Gasteiger partial charge in [-0.15, -0.1) is 0 Å². The predicted octanol–water partition coefficient (Wildman–Crippen LogP) is 3.99. The highest BCUT2D eigenvalue weighted by Crippen LogP contribution is 2.38. The molecule has 0 spiro atoms. The minimum Gasteiger partial charge on any atom is -0.494 e. The fourth-order valence-electron chi connectivity index (χ4n) is 5.53. The van der Waals surface area contributed by atoms with Crippen LogP contribution in [0, 0.1) is 11.8 Å². The van der Waals surface area contributed by atoms with E-state index in [4.69, 9.17) is 15.5 Å². The zero-order valence-electron chi connectivity index (χ0n) is 20.1. The summed E-state index contributed by atoms with van der Waals surface area (Å²) >= 11 is 0. The molecule has 1 aromatic rings. The van der Waals surface area contributed by atoms with Gasteiger partial charge in [-0.25, -0.2) is 4.99 Å². The first kappa shape index (κ1) is 23.1. The number of nitrogens with one attached hydrogen (secondary N) is 2. The zero-order valence-corrected chi connectivity index (χ0v) is 20.1. The molecule has 1 heterocycles. The molecular formula is C26H41N5O. The van der Waals surface area contributed by atoms with Crippen molar-refractivity contribution < 1.29 is 4.74 Å². The van der Waals surface area contributed by atoms with Gasteiger partial charge in [-0.05, 0) is 76.8 Å². The van der Waals surface area contributed by atoms with Crippen LogP contribution in [0.5, 0.6) is 5.75 Å². The van der Waals surface area contributed by atoms with Gasteiger partial charge < -0.3 is 20.3 Å². The van der Waals surface area contributed by atoms with Gasteiger partial charge in [-0.3, -0.25) is 5.73 Å². The normalized spacial score (nSPS) is 27.9. The summed E-state index contributed by atoms with van der Waals surface area (Å²) < 4.78 is 5.75. The van der Waals surface area contributed by atoms with Crippen molar-refractivity contribution in [1.29, 1.82) is 0 Å². The summed E-state index contributed by atoms with van der Waals surface area (Å²) in [5, 5.41) is 7.36. The van der Waals surface area contributed by atoms with Crippen molar-refractivity contribution in [2.75, 3.05) is 27.2 Å². The first-order valence-corrected chi connectivity index (χ1v) is 12.5. The van der Waals surface area contributed by atoms with Crippen LogP contribution in [0.3, 0.4) is 0 Å². The van der Waals surface area contributed by atoms with Gasteiger partial charge in [0.25, 0.3) is 0 Å². The Morgan fingerprint density at radius 3 is 2.66 bits per heavy atom. The third-order valence-electron chi connectivity index (χ3n) is 7.29. The molecule has 6 heteroatoms. The van der Waals surface area contributed by atoms with Gasteiger partial charge in [-0.1, -0.05) is 18.2 Å². The number of nitrogens with zero attached hydrogens (tertiary/aromatic N) is 2. The van der Waals surface area contributed by atoms with E-state index in [0.717, 1.165) is 50.4 Å². The van der Waals surface area contributed by atoms with Crippen molar-refractivity contribution in [2.45, 2.75) is 70.6 Å². The van der Waals surface area contributed by atoms with Gasteiger partial charge in [0, 0.05) is 43.4 Å². The number of rotatable bonds is 7. The number of amidine groups is 1. The predicted molar refractivity (Wildman–Crippen MR) is 131 cm³/mol. The van der Waals surface area contributed by atoms with Crippen LogP contribution in [0.2, 0.25) is 0 Å². The number of likely N-dealkylation sites (N-methyl/N-ethyl adjacent to an activating group) is 1. The van der Waals surface area contributed by atoms with Crippen LogP contribution >= 0.6 is 0 Å².